The summed E-state index contributed by atoms with van der Waals surface area (Å²) in [6.07, 6.45) is 1.14. The first-order valence-electron chi connectivity index (χ1n) is 6.94. The van der Waals surface area contributed by atoms with Crippen molar-refractivity contribution in [2.45, 2.75) is 59.3 Å². The number of benzene rings is 1. The van der Waals surface area contributed by atoms with Crippen LogP contribution < -0.4 is 5.73 Å². The van der Waals surface area contributed by atoms with Gasteiger partial charge in [0.1, 0.15) is 0 Å². The molecule has 1 unspecified atom stereocenters. The van der Waals surface area contributed by atoms with Gasteiger partial charge in [0.25, 0.3) is 0 Å². The lowest BCUT2D eigenvalue weighted by atomic mass is 9.80. The Morgan fingerprint density at radius 2 is 1.44 bits per heavy atom. The number of hydrogen-bond acceptors (Lipinski definition) is 1. The van der Waals surface area contributed by atoms with Crippen LogP contribution in [0.2, 0.25) is 0 Å². The molecule has 0 aromatic heterocycles. The van der Waals surface area contributed by atoms with Gasteiger partial charge in [-0.2, -0.15) is 0 Å². The fraction of sp³-hybridized carbons (Fsp3) is 0.647. The molecule has 0 saturated carbocycles. The Kier molecular flexibility index (Phi) is 4.61. The molecule has 0 radical (unpaired) electrons. The van der Waals surface area contributed by atoms with Crippen molar-refractivity contribution in [1.82, 2.24) is 0 Å². The third-order valence-corrected chi connectivity index (χ3v) is 3.39. The van der Waals surface area contributed by atoms with E-state index in [1.807, 2.05) is 0 Å². The van der Waals surface area contributed by atoms with Gasteiger partial charge < -0.3 is 5.73 Å². The van der Waals surface area contributed by atoms with E-state index in [1.54, 1.807) is 0 Å². The van der Waals surface area contributed by atoms with E-state index in [9.17, 15) is 0 Å². The molecule has 1 heteroatoms. The second-order valence-electron chi connectivity index (χ2n) is 7.57. The van der Waals surface area contributed by atoms with Gasteiger partial charge in [-0.25, -0.2) is 0 Å². The predicted molar refractivity (Wildman–Crippen MR) is 81.0 cm³/mol. The zero-order chi connectivity index (χ0) is 14.0. The van der Waals surface area contributed by atoms with Crippen LogP contribution >= 0.6 is 0 Å². The van der Waals surface area contributed by atoms with Crippen LogP contribution in [0.4, 0.5) is 0 Å². The zero-order valence-corrected chi connectivity index (χ0v) is 12.9. The van der Waals surface area contributed by atoms with Crippen LogP contribution in [0.3, 0.4) is 0 Å². The monoisotopic (exact) mass is 247 g/mol. The molecule has 0 aliphatic rings. The summed E-state index contributed by atoms with van der Waals surface area (Å²) in [5, 5.41) is 0. The Morgan fingerprint density at radius 1 is 0.944 bits per heavy atom. The molecular weight excluding hydrogens is 218 g/mol. The summed E-state index contributed by atoms with van der Waals surface area (Å²) in [6.45, 7) is 14.3. The maximum Gasteiger partial charge on any atom is -0.000804 e. The minimum atomic E-state index is 0.223. The zero-order valence-electron chi connectivity index (χ0n) is 12.9. The van der Waals surface area contributed by atoms with Gasteiger partial charge in [0, 0.05) is 0 Å². The first-order chi connectivity index (χ1) is 8.13. The van der Waals surface area contributed by atoms with E-state index in [4.69, 9.17) is 5.73 Å². The summed E-state index contributed by atoms with van der Waals surface area (Å²) < 4.78 is 0. The van der Waals surface area contributed by atoms with Crippen LogP contribution in [0.1, 0.15) is 65.0 Å². The van der Waals surface area contributed by atoms with Crippen LogP contribution in [0.15, 0.2) is 24.3 Å². The van der Waals surface area contributed by atoms with E-state index in [1.165, 1.54) is 11.1 Å². The maximum atomic E-state index is 5.94. The van der Waals surface area contributed by atoms with E-state index in [0.717, 1.165) is 13.0 Å². The van der Waals surface area contributed by atoms with Gasteiger partial charge in [0.15, 0.2) is 0 Å². The lowest BCUT2D eigenvalue weighted by Gasteiger charge is -2.26. The second kappa shape index (κ2) is 5.44. The topological polar surface area (TPSA) is 26.0 Å². The summed E-state index contributed by atoms with van der Waals surface area (Å²) in [7, 11) is 0. The minimum Gasteiger partial charge on any atom is -0.330 e. The molecule has 0 heterocycles. The smallest absolute Gasteiger partial charge is 0.000804 e. The summed E-state index contributed by atoms with van der Waals surface area (Å²) in [5.41, 5.74) is 9.25. The van der Waals surface area contributed by atoms with Gasteiger partial charge in [-0.1, -0.05) is 65.8 Å². The van der Waals surface area contributed by atoms with E-state index in [2.05, 4.69) is 65.8 Å². The average Bonchev–Trinajstić information content (AvgIpc) is 2.24. The average molecular weight is 247 g/mol. The number of nitrogens with two attached hydrogens (primary N) is 1. The fourth-order valence-electron chi connectivity index (χ4n) is 2.33. The highest BCUT2D eigenvalue weighted by Crippen LogP contribution is 2.31. The van der Waals surface area contributed by atoms with Crippen molar-refractivity contribution in [2.24, 2.45) is 11.1 Å². The van der Waals surface area contributed by atoms with Gasteiger partial charge in [-0.05, 0) is 40.8 Å². The third kappa shape index (κ3) is 4.45. The van der Waals surface area contributed by atoms with Crippen LogP contribution in [0.5, 0.6) is 0 Å². The molecule has 18 heavy (non-hydrogen) atoms. The fourth-order valence-corrected chi connectivity index (χ4v) is 2.33. The van der Waals surface area contributed by atoms with E-state index < -0.39 is 0 Å². The molecule has 0 spiro atoms. The number of hydrogen-bond donors (Lipinski definition) is 1. The van der Waals surface area contributed by atoms with Gasteiger partial charge >= 0.3 is 0 Å². The molecule has 0 aliphatic carbocycles. The Labute approximate surface area is 113 Å². The summed E-state index contributed by atoms with van der Waals surface area (Å²) in [4.78, 5) is 0. The Hall–Kier alpha value is -0.820. The molecule has 0 amide bonds. The van der Waals surface area contributed by atoms with Crippen molar-refractivity contribution < 1.29 is 0 Å². The molecule has 0 fully saturated rings. The van der Waals surface area contributed by atoms with Crippen LogP contribution in [-0.4, -0.2) is 6.54 Å². The molecule has 0 aliphatic heterocycles. The minimum absolute atomic E-state index is 0.223. The third-order valence-electron chi connectivity index (χ3n) is 3.39. The molecule has 1 aromatic rings. The highest BCUT2D eigenvalue weighted by atomic mass is 14.6. The van der Waals surface area contributed by atoms with Crippen LogP contribution in [0, 0.1) is 5.41 Å². The molecular formula is C17H29N. The predicted octanol–water partition coefficient (Wildman–Crippen LogP) is 4.46. The second-order valence-corrected chi connectivity index (χ2v) is 7.57. The van der Waals surface area contributed by atoms with Crippen molar-refractivity contribution in [2.75, 3.05) is 6.54 Å². The van der Waals surface area contributed by atoms with Crippen LogP contribution in [0.25, 0.3) is 0 Å². The molecule has 102 valence electrons. The van der Waals surface area contributed by atoms with Gasteiger partial charge in [0.2, 0.25) is 0 Å². The van der Waals surface area contributed by atoms with Crippen molar-refractivity contribution >= 4 is 0 Å². The summed E-state index contributed by atoms with van der Waals surface area (Å²) in [5.74, 6) is 0.471. The first kappa shape index (κ1) is 15.2. The molecule has 1 atom stereocenters. The van der Waals surface area contributed by atoms with Gasteiger partial charge in [-0.3, -0.25) is 0 Å². The highest BCUT2D eigenvalue weighted by Gasteiger charge is 2.20. The standard InChI is InChI=1S/C17H29N/c1-16(2,3)11-14(12-18)13-7-9-15(10-8-13)17(4,5)6/h7-10,14H,11-12,18H2,1-6H3. The van der Waals surface area contributed by atoms with Crippen molar-refractivity contribution in [3.63, 3.8) is 0 Å². The van der Waals surface area contributed by atoms with Crippen molar-refractivity contribution in [1.29, 1.82) is 0 Å². The maximum absolute atomic E-state index is 5.94. The molecule has 0 saturated heterocycles. The summed E-state index contributed by atoms with van der Waals surface area (Å²) in [6, 6.07) is 9.01. The molecule has 1 nitrogen and oxygen atoms in total. The first-order valence-corrected chi connectivity index (χ1v) is 6.94. The SMILES string of the molecule is CC(C)(C)CC(CN)c1ccc(C(C)(C)C)cc1. The van der Waals surface area contributed by atoms with Crippen molar-refractivity contribution in [3.05, 3.63) is 35.4 Å². The molecule has 1 rings (SSSR count). The van der Waals surface area contributed by atoms with Crippen LogP contribution in [-0.2, 0) is 5.41 Å². The highest BCUT2D eigenvalue weighted by molar-refractivity contribution is 5.29. The van der Waals surface area contributed by atoms with E-state index in [-0.39, 0.29) is 5.41 Å². The van der Waals surface area contributed by atoms with E-state index >= 15 is 0 Å². The van der Waals surface area contributed by atoms with Gasteiger partial charge in [-0.15, -0.1) is 0 Å². The molecule has 0 bridgehead atoms. The van der Waals surface area contributed by atoms with E-state index in [0.29, 0.717) is 11.3 Å². The molecule has 2 N–H and O–H groups in total. The van der Waals surface area contributed by atoms with Gasteiger partial charge in [0.05, 0.1) is 0 Å². The Bertz CT molecular complexity index is 362. The Balaban J connectivity index is 2.89. The number of rotatable bonds is 3. The van der Waals surface area contributed by atoms with Crippen molar-refractivity contribution in [3.8, 4) is 0 Å². The lowest BCUT2D eigenvalue weighted by molar-refractivity contribution is 0.342. The largest absolute Gasteiger partial charge is 0.330 e. The molecule has 1 aromatic carbocycles. The summed E-state index contributed by atoms with van der Waals surface area (Å²) >= 11 is 0. The normalized spacial score (nSPS) is 14.6. The lowest BCUT2D eigenvalue weighted by Crippen LogP contribution is -2.19. The Morgan fingerprint density at radius 3 is 1.78 bits per heavy atom. The quantitative estimate of drug-likeness (QED) is 0.838.